The molecule has 0 aliphatic rings. The molecule has 0 aliphatic heterocycles. The lowest BCUT2D eigenvalue weighted by atomic mass is 10.1. The first-order chi connectivity index (χ1) is 13.7. The Labute approximate surface area is 171 Å². The Bertz CT molecular complexity index is 947. The Hall–Kier alpha value is -2.61. The van der Waals surface area contributed by atoms with Crippen molar-refractivity contribution in [3.63, 3.8) is 0 Å². The SMILES string of the molecule is Cc1ccc(OCCNC(=O)CCCN(c2ccccc2F)S(C)(=O)=O)c(C)c1. The number of hydrogen-bond donors (Lipinski definition) is 1. The number of hydrogen-bond acceptors (Lipinski definition) is 4. The summed E-state index contributed by atoms with van der Waals surface area (Å²) in [4.78, 5) is 12.0. The minimum Gasteiger partial charge on any atom is -0.491 e. The van der Waals surface area contributed by atoms with Crippen LogP contribution in [0.4, 0.5) is 10.1 Å². The number of nitrogens with one attached hydrogen (secondary N) is 1. The van der Waals surface area contributed by atoms with Crippen LogP contribution in [0, 0.1) is 19.7 Å². The van der Waals surface area contributed by atoms with Gasteiger partial charge in [-0.05, 0) is 44.0 Å². The van der Waals surface area contributed by atoms with Crippen LogP contribution in [0.5, 0.6) is 5.75 Å². The second kappa shape index (κ2) is 10.2. The van der Waals surface area contributed by atoms with Gasteiger partial charge in [0.05, 0.1) is 18.5 Å². The molecule has 8 heteroatoms. The summed E-state index contributed by atoms with van der Waals surface area (Å²) in [5.41, 5.74) is 2.17. The van der Waals surface area contributed by atoms with Gasteiger partial charge in [0.25, 0.3) is 0 Å². The molecule has 0 aliphatic carbocycles. The highest BCUT2D eigenvalue weighted by Gasteiger charge is 2.20. The second-order valence-electron chi connectivity index (χ2n) is 6.86. The highest BCUT2D eigenvalue weighted by molar-refractivity contribution is 7.92. The van der Waals surface area contributed by atoms with Crippen molar-refractivity contribution in [3.8, 4) is 5.75 Å². The van der Waals surface area contributed by atoms with E-state index in [0.717, 1.165) is 27.4 Å². The first kappa shape index (κ1) is 22.7. The van der Waals surface area contributed by atoms with E-state index < -0.39 is 15.8 Å². The maximum atomic E-state index is 14.0. The summed E-state index contributed by atoms with van der Waals surface area (Å²) >= 11 is 0. The summed E-state index contributed by atoms with van der Waals surface area (Å²) < 4.78 is 44.6. The van der Waals surface area contributed by atoms with Crippen LogP contribution in [-0.4, -0.2) is 40.3 Å². The van der Waals surface area contributed by atoms with Crippen molar-refractivity contribution in [2.75, 3.05) is 30.3 Å². The molecular weight excluding hydrogens is 395 g/mol. The maximum Gasteiger partial charge on any atom is 0.232 e. The van der Waals surface area contributed by atoms with Crippen molar-refractivity contribution in [3.05, 3.63) is 59.4 Å². The van der Waals surface area contributed by atoms with Crippen molar-refractivity contribution in [1.82, 2.24) is 5.32 Å². The maximum absolute atomic E-state index is 14.0. The monoisotopic (exact) mass is 422 g/mol. The number of halogens is 1. The van der Waals surface area contributed by atoms with E-state index in [0.29, 0.717) is 13.2 Å². The zero-order chi connectivity index (χ0) is 21.4. The number of nitrogens with zero attached hydrogens (tertiary/aromatic N) is 1. The van der Waals surface area contributed by atoms with Gasteiger partial charge >= 0.3 is 0 Å². The number of carbonyl (C=O) groups excluding carboxylic acids is 1. The van der Waals surface area contributed by atoms with Crippen molar-refractivity contribution in [1.29, 1.82) is 0 Å². The molecule has 0 bridgehead atoms. The summed E-state index contributed by atoms with van der Waals surface area (Å²) in [7, 11) is -3.66. The molecule has 0 unspecified atom stereocenters. The Balaban J connectivity index is 1.77. The molecule has 0 heterocycles. The quantitative estimate of drug-likeness (QED) is 0.597. The minimum absolute atomic E-state index is 0.0164. The van der Waals surface area contributed by atoms with Gasteiger partial charge < -0.3 is 10.1 Å². The lowest BCUT2D eigenvalue weighted by Gasteiger charge is -2.22. The van der Waals surface area contributed by atoms with Gasteiger partial charge in [-0.3, -0.25) is 9.10 Å². The molecule has 0 saturated heterocycles. The van der Waals surface area contributed by atoms with Crippen molar-refractivity contribution < 1.29 is 22.3 Å². The third kappa shape index (κ3) is 7.05. The van der Waals surface area contributed by atoms with Gasteiger partial charge in [-0.15, -0.1) is 0 Å². The van der Waals surface area contributed by atoms with Crippen molar-refractivity contribution in [2.45, 2.75) is 26.7 Å². The van der Waals surface area contributed by atoms with E-state index in [2.05, 4.69) is 5.32 Å². The first-order valence-corrected chi connectivity index (χ1v) is 11.2. The van der Waals surface area contributed by atoms with Gasteiger partial charge in [0.2, 0.25) is 15.9 Å². The molecule has 1 N–H and O–H groups in total. The van der Waals surface area contributed by atoms with Crippen molar-refractivity contribution >= 4 is 21.6 Å². The Kier molecular flexibility index (Phi) is 8.01. The summed E-state index contributed by atoms with van der Waals surface area (Å²) in [6.45, 7) is 4.67. The predicted octanol–water partition coefficient (Wildman–Crippen LogP) is 3.18. The predicted molar refractivity (Wildman–Crippen MR) is 112 cm³/mol. The van der Waals surface area contributed by atoms with Crippen LogP contribution in [0.15, 0.2) is 42.5 Å². The molecule has 2 rings (SSSR count). The molecule has 2 aromatic carbocycles. The fourth-order valence-corrected chi connectivity index (χ4v) is 3.87. The van der Waals surface area contributed by atoms with Gasteiger partial charge in [-0.25, -0.2) is 12.8 Å². The Morgan fingerprint density at radius 3 is 2.55 bits per heavy atom. The van der Waals surface area contributed by atoms with Gasteiger partial charge in [0.1, 0.15) is 18.2 Å². The number of benzene rings is 2. The van der Waals surface area contributed by atoms with Crippen LogP contribution in [0.3, 0.4) is 0 Å². The molecule has 1 amide bonds. The Morgan fingerprint density at radius 1 is 1.17 bits per heavy atom. The third-order valence-electron chi connectivity index (χ3n) is 4.30. The molecule has 0 spiro atoms. The number of anilines is 1. The molecule has 0 radical (unpaired) electrons. The molecular formula is C21H27FN2O4S. The minimum atomic E-state index is -3.66. The highest BCUT2D eigenvalue weighted by Crippen LogP contribution is 2.22. The zero-order valence-corrected chi connectivity index (χ0v) is 17.8. The average Bonchev–Trinajstić information content (AvgIpc) is 2.64. The normalized spacial score (nSPS) is 11.2. The largest absolute Gasteiger partial charge is 0.491 e. The van der Waals surface area contributed by atoms with Crippen molar-refractivity contribution in [2.24, 2.45) is 0 Å². The van der Waals surface area contributed by atoms with Crippen LogP contribution >= 0.6 is 0 Å². The van der Waals surface area contributed by atoms with E-state index in [1.165, 1.54) is 18.2 Å². The van der Waals surface area contributed by atoms with E-state index in [1.807, 2.05) is 32.0 Å². The van der Waals surface area contributed by atoms with Gasteiger partial charge in [-0.2, -0.15) is 0 Å². The highest BCUT2D eigenvalue weighted by atomic mass is 32.2. The lowest BCUT2D eigenvalue weighted by Crippen LogP contribution is -2.33. The molecule has 0 saturated carbocycles. The van der Waals surface area contributed by atoms with Gasteiger partial charge in [0.15, 0.2) is 0 Å². The van der Waals surface area contributed by atoms with E-state index in [-0.39, 0.29) is 31.0 Å². The molecule has 2 aromatic rings. The molecule has 158 valence electrons. The van der Waals surface area contributed by atoms with Crippen LogP contribution in [0.2, 0.25) is 0 Å². The van der Waals surface area contributed by atoms with Gasteiger partial charge in [-0.1, -0.05) is 29.8 Å². The van der Waals surface area contributed by atoms with Gasteiger partial charge in [0, 0.05) is 13.0 Å². The Morgan fingerprint density at radius 2 is 1.90 bits per heavy atom. The number of amides is 1. The zero-order valence-electron chi connectivity index (χ0n) is 16.9. The van der Waals surface area contributed by atoms with Crippen LogP contribution < -0.4 is 14.4 Å². The topological polar surface area (TPSA) is 75.7 Å². The fraction of sp³-hybridized carbons (Fsp3) is 0.381. The summed E-state index contributed by atoms with van der Waals surface area (Å²) in [5, 5.41) is 2.74. The van der Waals surface area contributed by atoms with Crippen LogP contribution in [0.25, 0.3) is 0 Å². The van der Waals surface area contributed by atoms with E-state index in [4.69, 9.17) is 4.74 Å². The van der Waals surface area contributed by atoms with E-state index in [1.54, 1.807) is 6.07 Å². The number of aryl methyl sites for hydroxylation is 2. The molecule has 6 nitrogen and oxygen atoms in total. The number of carbonyl (C=O) groups is 1. The van der Waals surface area contributed by atoms with Crippen LogP contribution in [0.1, 0.15) is 24.0 Å². The summed E-state index contributed by atoms with van der Waals surface area (Å²) in [6.07, 6.45) is 1.42. The molecule has 0 fully saturated rings. The standard InChI is InChI=1S/C21H27FN2O4S/c1-16-10-11-20(17(2)15-16)28-14-12-23-21(25)9-6-13-24(29(3,26)27)19-8-5-4-7-18(19)22/h4-5,7-8,10-11,15H,6,9,12-14H2,1-3H3,(H,23,25). The summed E-state index contributed by atoms with van der Waals surface area (Å²) in [5.74, 6) is -0.0549. The summed E-state index contributed by atoms with van der Waals surface area (Å²) in [6, 6.07) is 11.6. The second-order valence-corrected chi connectivity index (χ2v) is 8.76. The van der Waals surface area contributed by atoms with Crippen LogP contribution in [-0.2, 0) is 14.8 Å². The van der Waals surface area contributed by atoms with E-state index >= 15 is 0 Å². The first-order valence-electron chi connectivity index (χ1n) is 9.37. The molecule has 0 atom stereocenters. The molecule has 0 aromatic heterocycles. The number of sulfonamides is 1. The third-order valence-corrected chi connectivity index (χ3v) is 5.48. The smallest absolute Gasteiger partial charge is 0.232 e. The van der Waals surface area contributed by atoms with E-state index in [9.17, 15) is 17.6 Å². The number of para-hydroxylation sites is 1. The fourth-order valence-electron chi connectivity index (χ4n) is 2.90. The number of rotatable bonds is 10. The lowest BCUT2D eigenvalue weighted by molar-refractivity contribution is -0.121. The average molecular weight is 423 g/mol. The number of ether oxygens (including phenoxy) is 1. The molecule has 29 heavy (non-hydrogen) atoms.